The minimum atomic E-state index is -4.00. The second-order valence-electron chi connectivity index (χ2n) is 7.59. The molecule has 0 saturated carbocycles. The van der Waals surface area contributed by atoms with Gasteiger partial charge in [-0.05, 0) is 43.2 Å². The highest BCUT2D eigenvalue weighted by Crippen LogP contribution is 2.30. The first kappa shape index (κ1) is 23.5. The Morgan fingerprint density at radius 3 is 2.42 bits per heavy atom. The van der Waals surface area contributed by atoms with E-state index in [1.807, 2.05) is 0 Å². The van der Waals surface area contributed by atoms with Crippen molar-refractivity contribution in [2.45, 2.75) is 30.6 Å². The molecular weight excluding hydrogens is 484 g/mol. The van der Waals surface area contributed by atoms with Gasteiger partial charge in [0.05, 0.1) is 17.6 Å². The van der Waals surface area contributed by atoms with Gasteiger partial charge >= 0.3 is 0 Å². The summed E-state index contributed by atoms with van der Waals surface area (Å²) in [4.78, 5) is 14.9. The Morgan fingerprint density at radius 1 is 1.06 bits per heavy atom. The number of likely N-dealkylation sites (tertiary alicyclic amines) is 1. The number of anilines is 1. The molecule has 0 unspecified atom stereocenters. The van der Waals surface area contributed by atoms with Gasteiger partial charge in [0.15, 0.2) is 0 Å². The molecule has 33 heavy (non-hydrogen) atoms. The molecule has 1 saturated heterocycles. The largest absolute Gasteiger partial charge is 0.496 e. The third-order valence-electron chi connectivity index (χ3n) is 5.34. The Bertz CT molecular complexity index is 1240. The standard InChI is InChI=1S/C22H23ClN4O4S2/c1-31-19-11-10-17(14-18(19)21(28)27-12-4-2-3-5-13-27)33(29,30)26-22-25-24-20(32-22)15-6-8-16(23)9-7-15/h6-11,14H,2-5,12-13H2,1H3,(H,25,26). The molecule has 0 radical (unpaired) electrons. The van der Waals surface area contributed by atoms with E-state index in [2.05, 4.69) is 14.9 Å². The number of methoxy groups -OCH3 is 1. The van der Waals surface area contributed by atoms with Gasteiger partial charge < -0.3 is 9.64 Å². The van der Waals surface area contributed by atoms with Crippen molar-refractivity contribution in [1.29, 1.82) is 0 Å². The van der Waals surface area contributed by atoms with Crippen LogP contribution in [0.5, 0.6) is 5.75 Å². The van der Waals surface area contributed by atoms with Gasteiger partial charge in [0.1, 0.15) is 10.8 Å². The lowest BCUT2D eigenvalue weighted by atomic mass is 10.1. The molecule has 0 spiro atoms. The number of nitrogens with one attached hydrogen (secondary N) is 1. The van der Waals surface area contributed by atoms with Gasteiger partial charge in [0, 0.05) is 23.7 Å². The summed E-state index contributed by atoms with van der Waals surface area (Å²) in [6, 6.07) is 11.3. The number of carbonyl (C=O) groups is 1. The Hall–Kier alpha value is -2.69. The van der Waals surface area contributed by atoms with E-state index in [0.717, 1.165) is 42.6 Å². The van der Waals surface area contributed by atoms with E-state index in [4.69, 9.17) is 16.3 Å². The molecule has 2 aromatic carbocycles. The number of nitrogens with zero attached hydrogens (tertiary/aromatic N) is 3. The highest BCUT2D eigenvalue weighted by Gasteiger charge is 2.25. The Labute approximate surface area is 201 Å². The first-order valence-electron chi connectivity index (χ1n) is 10.5. The van der Waals surface area contributed by atoms with Crippen LogP contribution in [0.2, 0.25) is 5.02 Å². The Balaban J connectivity index is 1.58. The molecule has 1 aliphatic heterocycles. The fraction of sp³-hybridized carbons (Fsp3) is 0.318. The molecule has 8 nitrogen and oxygen atoms in total. The summed E-state index contributed by atoms with van der Waals surface area (Å²) in [7, 11) is -2.54. The molecule has 174 valence electrons. The number of aromatic nitrogens is 2. The zero-order valence-corrected chi connectivity index (χ0v) is 20.3. The van der Waals surface area contributed by atoms with Crippen molar-refractivity contribution in [3.05, 3.63) is 53.1 Å². The fourth-order valence-electron chi connectivity index (χ4n) is 3.61. The van der Waals surface area contributed by atoms with Gasteiger partial charge in [-0.1, -0.05) is 47.9 Å². The molecule has 1 aromatic heterocycles. The number of ether oxygens (including phenoxy) is 1. The van der Waals surface area contributed by atoms with Crippen LogP contribution in [0.1, 0.15) is 36.0 Å². The third-order valence-corrected chi connectivity index (χ3v) is 7.95. The average molecular weight is 507 g/mol. The summed E-state index contributed by atoms with van der Waals surface area (Å²) in [6.07, 6.45) is 4.03. The molecule has 0 atom stereocenters. The van der Waals surface area contributed by atoms with Crippen LogP contribution in [0.3, 0.4) is 0 Å². The van der Waals surface area contributed by atoms with Crippen LogP contribution < -0.4 is 9.46 Å². The monoisotopic (exact) mass is 506 g/mol. The second kappa shape index (κ2) is 10.1. The van der Waals surface area contributed by atoms with Crippen LogP contribution in [-0.2, 0) is 10.0 Å². The van der Waals surface area contributed by atoms with Crippen molar-refractivity contribution in [3.63, 3.8) is 0 Å². The molecule has 1 aliphatic rings. The van der Waals surface area contributed by atoms with Crippen LogP contribution in [0.4, 0.5) is 5.13 Å². The molecule has 0 aliphatic carbocycles. The summed E-state index contributed by atoms with van der Waals surface area (Å²) in [6.45, 7) is 1.30. The van der Waals surface area contributed by atoms with Gasteiger partial charge in [-0.3, -0.25) is 9.52 Å². The quantitative estimate of drug-likeness (QED) is 0.520. The predicted molar refractivity (Wildman–Crippen MR) is 129 cm³/mol. The fourth-order valence-corrected chi connectivity index (χ4v) is 5.74. The summed E-state index contributed by atoms with van der Waals surface area (Å²) >= 11 is 7.01. The van der Waals surface area contributed by atoms with Gasteiger partial charge in [0.25, 0.3) is 15.9 Å². The van der Waals surface area contributed by atoms with Crippen molar-refractivity contribution >= 4 is 44.0 Å². The maximum absolute atomic E-state index is 13.2. The first-order chi connectivity index (χ1) is 15.9. The van der Waals surface area contributed by atoms with Crippen molar-refractivity contribution in [2.24, 2.45) is 0 Å². The van der Waals surface area contributed by atoms with E-state index in [-0.39, 0.29) is 21.5 Å². The van der Waals surface area contributed by atoms with Crippen molar-refractivity contribution < 1.29 is 17.9 Å². The summed E-state index contributed by atoms with van der Waals surface area (Å²) in [5, 5.41) is 9.27. The van der Waals surface area contributed by atoms with E-state index in [1.54, 1.807) is 29.2 Å². The van der Waals surface area contributed by atoms with Crippen LogP contribution in [-0.4, -0.2) is 49.6 Å². The molecule has 1 fully saturated rings. The van der Waals surface area contributed by atoms with Gasteiger partial charge in [-0.25, -0.2) is 8.42 Å². The summed E-state index contributed by atoms with van der Waals surface area (Å²) in [5.74, 6) is 0.107. The van der Waals surface area contributed by atoms with Gasteiger partial charge in [-0.2, -0.15) is 0 Å². The van der Waals surface area contributed by atoms with Crippen molar-refractivity contribution in [1.82, 2.24) is 15.1 Å². The maximum atomic E-state index is 13.2. The van der Waals surface area contributed by atoms with E-state index in [9.17, 15) is 13.2 Å². The van der Waals surface area contributed by atoms with Crippen LogP contribution >= 0.6 is 22.9 Å². The lowest BCUT2D eigenvalue weighted by molar-refractivity contribution is 0.0758. The SMILES string of the molecule is COc1ccc(S(=O)(=O)Nc2nnc(-c3ccc(Cl)cc3)s2)cc1C(=O)N1CCCCCC1. The average Bonchev–Trinajstić information content (AvgIpc) is 3.09. The van der Waals surface area contributed by atoms with E-state index >= 15 is 0 Å². The van der Waals surface area contributed by atoms with E-state index in [1.165, 1.54) is 25.3 Å². The normalized spacial score (nSPS) is 14.5. The Kier molecular flexibility index (Phi) is 7.16. The zero-order valence-electron chi connectivity index (χ0n) is 18.0. The maximum Gasteiger partial charge on any atom is 0.263 e. The number of hydrogen-bond acceptors (Lipinski definition) is 7. The van der Waals surface area contributed by atoms with Crippen molar-refractivity contribution in [2.75, 3.05) is 24.9 Å². The van der Waals surface area contributed by atoms with Crippen LogP contribution in [0, 0.1) is 0 Å². The lowest BCUT2D eigenvalue weighted by Gasteiger charge is -2.22. The molecule has 1 N–H and O–H groups in total. The minimum Gasteiger partial charge on any atom is -0.496 e. The van der Waals surface area contributed by atoms with E-state index in [0.29, 0.717) is 28.9 Å². The Morgan fingerprint density at radius 2 is 1.76 bits per heavy atom. The minimum absolute atomic E-state index is 0.0512. The number of rotatable bonds is 6. The third kappa shape index (κ3) is 5.45. The highest BCUT2D eigenvalue weighted by atomic mass is 35.5. The second-order valence-corrected chi connectivity index (χ2v) is 10.7. The number of hydrogen-bond donors (Lipinski definition) is 1. The molecule has 11 heteroatoms. The number of carbonyl (C=O) groups excluding carboxylic acids is 1. The molecule has 1 amide bonds. The van der Waals surface area contributed by atoms with Crippen molar-refractivity contribution in [3.8, 4) is 16.3 Å². The zero-order chi connectivity index (χ0) is 23.4. The van der Waals surface area contributed by atoms with Crippen LogP contribution in [0.25, 0.3) is 10.6 Å². The smallest absolute Gasteiger partial charge is 0.263 e. The van der Waals surface area contributed by atoms with Gasteiger partial charge in [-0.15, -0.1) is 10.2 Å². The molecule has 4 rings (SSSR count). The topological polar surface area (TPSA) is 101 Å². The summed E-state index contributed by atoms with van der Waals surface area (Å²) in [5.41, 5.74) is 0.999. The van der Waals surface area contributed by atoms with Gasteiger partial charge in [0.2, 0.25) is 5.13 Å². The first-order valence-corrected chi connectivity index (χ1v) is 13.1. The predicted octanol–water partition coefficient (Wildman–Crippen LogP) is 4.68. The molecule has 2 heterocycles. The molecular formula is C22H23ClN4O4S2. The summed E-state index contributed by atoms with van der Waals surface area (Å²) < 4.78 is 33.9. The molecule has 3 aromatic rings. The highest BCUT2D eigenvalue weighted by molar-refractivity contribution is 7.93. The van der Waals surface area contributed by atoms with Crippen LogP contribution in [0.15, 0.2) is 47.4 Å². The number of sulfonamides is 1. The van der Waals surface area contributed by atoms with E-state index < -0.39 is 10.0 Å². The number of amides is 1. The number of benzene rings is 2. The molecule has 0 bridgehead atoms. The number of halogens is 1. The lowest BCUT2D eigenvalue weighted by Crippen LogP contribution is -2.32.